The van der Waals surface area contributed by atoms with Gasteiger partial charge >= 0.3 is 0 Å². The molecule has 0 radical (unpaired) electrons. The fraction of sp³-hybridized carbons (Fsp3) is 0.133. The van der Waals surface area contributed by atoms with Crippen molar-refractivity contribution in [3.8, 4) is 6.07 Å². The van der Waals surface area contributed by atoms with E-state index in [9.17, 15) is 12.8 Å². The van der Waals surface area contributed by atoms with Crippen LogP contribution >= 0.6 is 0 Å². The molecule has 0 bridgehead atoms. The van der Waals surface area contributed by atoms with Gasteiger partial charge in [-0.05, 0) is 54.4 Å². The van der Waals surface area contributed by atoms with Crippen molar-refractivity contribution < 1.29 is 12.8 Å². The van der Waals surface area contributed by atoms with Crippen LogP contribution in [0.2, 0.25) is 0 Å². The molecule has 2 N–H and O–H groups in total. The van der Waals surface area contributed by atoms with Crippen LogP contribution in [0.5, 0.6) is 0 Å². The Balaban J connectivity index is 2.45. The number of sulfone groups is 1. The number of rotatable bonds is 3. The second kappa shape index (κ2) is 5.54. The van der Waals surface area contributed by atoms with Gasteiger partial charge in [0.15, 0.2) is 9.84 Å². The average Bonchev–Trinajstić information content (AvgIpc) is 2.41. The molecule has 0 atom stereocenters. The van der Waals surface area contributed by atoms with E-state index in [4.69, 9.17) is 11.0 Å². The molecule has 0 unspecified atom stereocenters. The van der Waals surface area contributed by atoms with Crippen molar-refractivity contribution >= 4 is 15.5 Å². The second-order valence-electron chi connectivity index (χ2n) is 4.69. The third-order valence-electron chi connectivity index (χ3n) is 3.13. The van der Waals surface area contributed by atoms with Crippen molar-refractivity contribution in [3.63, 3.8) is 0 Å². The smallest absolute Gasteiger partial charge is 0.182 e. The monoisotopic (exact) mass is 304 g/mol. The summed E-state index contributed by atoms with van der Waals surface area (Å²) in [7, 11) is -3.68. The van der Waals surface area contributed by atoms with Gasteiger partial charge in [-0.15, -0.1) is 0 Å². The maximum atomic E-state index is 13.3. The van der Waals surface area contributed by atoms with Crippen molar-refractivity contribution in [2.24, 2.45) is 0 Å². The minimum Gasteiger partial charge on any atom is -0.399 e. The van der Waals surface area contributed by atoms with Crippen LogP contribution in [0.25, 0.3) is 0 Å². The van der Waals surface area contributed by atoms with E-state index in [2.05, 4.69) is 0 Å². The molecule has 0 fully saturated rings. The van der Waals surface area contributed by atoms with Crippen LogP contribution in [-0.2, 0) is 15.6 Å². The van der Waals surface area contributed by atoms with Crippen molar-refractivity contribution in [1.29, 1.82) is 5.26 Å². The van der Waals surface area contributed by atoms with Gasteiger partial charge in [0.25, 0.3) is 0 Å². The van der Waals surface area contributed by atoms with E-state index in [-0.39, 0.29) is 16.0 Å². The van der Waals surface area contributed by atoms with E-state index in [0.717, 1.165) is 12.1 Å². The molecule has 4 nitrogen and oxygen atoms in total. The molecule has 108 valence electrons. The summed E-state index contributed by atoms with van der Waals surface area (Å²) in [6.07, 6.45) is 0. The summed E-state index contributed by atoms with van der Waals surface area (Å²) in [4.78, 5) is 0.0994. The molecular formula is C15H13FN2O2S. The molecule has 0 aliphatic heterocycles. The van der Waals surface area contributed by atoms with E-state index in [1.54, 1.807) is 6.92 Å². The van der Waals surface area contributed by atoms with E-state index in [1.165, 1.54) is 24.3 Å². The second-order valence-corrected chi connectivity index (χ2v) is 6.68. The normalized spacial score (nSPS) is 11.1. The van der Waals surface area contributed by atoms with Gasteiger partial charge in [0, 0.05) is 5.69 Å². The van der Waals surface area contributed by atoms with Gasteiger partial charge in [0.05, 0.1) is 22.3 Å². The molecule has 0 spiro atoms. The lowest BCUT2D eigenvalue weighted by atomic mass is 10.1. The highest BCUT2D eigenvalue weighted by Gasteiger charge is 2.18. The number of nitrogen functional groups attached to an aromatic ring is 1. The van der Waals surface area contributed by atoms with Crippen molar-refractivity contribution in [3.05, 3.63) is 58.9 Å². The first-order valence-electron chi connectivity index (χ1n) is 6.11. The molecule has 2 aromatic rings. The van der Waals surface area contributed by atoms with Crippen molar-refractivity contribution in [2.45, 2.75) is 17.6 Å². The molecule has 0 saturated heterocycles. The minimum atomic E-state index is -3.68. The maximum Gasteiger partial charge on any atom is 0.182 e. The van der Waals surface area contributed by atoms with Crippen molar-refractivity contribution in [1.82, 2.24) is 0 Å². The lowest BCUT2D eigenvalue weighted by Gasteiger charge is -2.08. The highest BCUT2D eigenvalue weighted by molar-refractivity contribution is 7.90. The quantitative estimate of drug-likeness (QED) is 0.883. The summed E-state index contributed by atoms with van der Waals surface area (Å²) in [6, 6.07) is 9.72. The third kappa shape index (κ3) is 3.20. The Labute approximate surface area is 122 Å². The van der Waals surface area contributed by atoms with E-state index >= 15 is 0 Å². The summed E-state index contributed by atoms with van der Waals surface area (Å²) in [5.74, 6) is -1.01. The van der Waals surface area contributed by atoms with Crippen LogP contribution in [0, 0.1) is 24.1 Å². The molecule has 0 aliphatic carbocycles. The fourth-order valence-corrected chi connectivity index (χ4v) is 3.37. The Morgan fingerprint density at radius 2 is 1.95 bits per heavy atom. The predicted octanol–water partition coefficient (Wildman–Crippen LogP) is 2.56. The summed E-state index contributed by atoms with van der Waals surface area (Å²) in [6.45, 7) is 1.71. The summed E-state index contributed by atoms with van der Waals surface area (Å²) < 4.78 is 38.0. The largest absolute Gasteiger partial charge is 0.399 e. The molecule has 0 aromatic heterocycles. The van der Waals surface area contributed by atoms with Gasteiger partial charge in [0.2, 0.25) is 0 Å². The highest BCUT2D eigenvalue weighted by atomic mass is 32.2. The van der Waals surface area contributed by atoms with Crippen LogP contribution in [0.3, 0.4) is 0 Å². The molecule has 0 heterocycles. The van der Waals surface area contributed by atoms with E-state index in [0.29, 0.717) is 11.3 Å². The first kappa shape index (κ1) is 15.0. The summed E-state index contributed by atoms with van der Waals surface area (Å²) in [5.41, 5.74) is 7.10. The number of aryl methyl sites for hydroxylation is 1. The first-order chi connectivity index (χ1) is 9.83. The Kier molecular flexibility index (Phi) is 3.96. The van der Waals surface area contributed by atoms with Gasteiger partial charge in [-0.2, -0.15) is 5.26 Å². The predicted molar refractivity (Wildman–Crippen MR) is 77.6 cm³/mol. The zero-order valence-electron chi connectivity index (χ0n) is 11.3. The first-order valence-corrected chi connectivity index (χ1v) is 7.76. The number of hydrogen-bond acceptors (Lipinski definition) is 4. The number of nitrogens with two attached hydrogens (primary N) is 1. The average molecular weight is 304 g/mol. The molecule has 0 saturated carbocycles. The molecule has 2 rings (SSSR count). The van der Waals surface area contributed by atoms with Gasteiger partial charge in [-0.3, -0.25) is 0 Å². The van der Waals surface area contributed by atoms with Crippen LogP contribution in [0.1, 0.15) is 16.7 Å². The molecule has 2 aromatic carbocycles. The minimum absolute atomic E-state index is 0.0994. The van der Waals surface area contributed by atoms with Gasteiger partial charge in [-0.1, -0.05) is 0 Å². The third-order valence-corrected chi connectivity index (χ3v) is 4.80. The summed E-state index contributed by atoms with van der Waals surface area (Å²) >= 11 is 0. The maximum absolute atomic E-state index is 13.3. The van der Waals surface area contributed by atoms with Gasteiger partial charge in [0.1, 0.15) is 5.82 Å². The van der Waals surface area contributed by atoms with Crippen molar-refractivity contribution in [2.75, 3.05) is 5.73 Å². The zero-order chi connectivity index (χ0) is 15.6. The summed E-state index contributed by atoms with van der Waals surface area (Å²) in [5, 5.41) is 8.97. The SMILES string of the molecule is Cc1cc(S(=O)(=O)Cc2cc(F)ccc2C#N)ccc1N. The van der Waals surface area contributed by atoms with Crippen LogP contribution in [-0.4, -0.2) is 8.42 Å². The molecule has 6 heteroatoms. The molecular weight excluding hydrogens is 291 g/mol. The molecule has 0 aliphatic rings. The molecule has 21 heavy (non-hydrogen) atoms. The van der Waals surface area contributed by atoms with Gasteiger partial charge in [-0.25, -0.2) is 12.8 Å². The van der Waals surface area contributed by atoms with Crippen LogP contribution < -0.4 is 5.73 Å². The lowest BCUT2D eigenvalue weighted by molar-refractivity contribution is 0.594. The van der Waals surface area contributed by atoms with E-state index < -0.39 is 21.4 Å². The lowest BCUT2D eigenvalue weighted by Crippen LogP contribution is -2.07. The Hall–Kier alpha value is -2.39. The topological polar surface area (TPSA) is 84.0 Å². The number of benzene rings is 2. The zero-order valence-corrected chi connectivity index (χ0v) is 12.1. The molecule has 0 amide bonds. The number of hydrogen-bond donors (Lipinski definition) is 1. The Morgan fingerprint density at radius 3 is 2.57 bits per heavy atom. The standard InChI is InChI=1S/C15H13FN2O2S/c1-10-6-14(4-5-15(10)18)21(19,20)9-12-7-13(16)3-2-11(12)8-17/h2-7H,9,18H2,1H3. The number of nitriles is 1. The van der Waals surface area contributed by atoms with Gasteiger partial charge < -0.3 is 5.73 Å². The number of halogens is 1. The Bertz CT molecular complexity index is 839. The number of nitrogens with zero attached hydrogens (tertiary/aromatic N) is 1. The fourth-order valence-electron chi connectivity index (χ4n) is 1.92. The van der Waals surface area contributed by atoms with E-state index in [1.807, 2.05) is 6.07 Å². The highest BCUT2D eigenvalue weighted by Crippen LogP contribution is 2.22. The number of anilines is 1. The van der Waals surface area contributed by atoms with Crippen LogP contribution in [0.15, 0.2) is 41.3 Å². The Morgan fingerprint density at radius 1 is 1.24 bits per heavy atom. The van der Waals surface area contributed by atoms with Crippen LogP contribution in [0.4, 0.5) is 10.1 Å².